The molecule has 1 N–H and O–H groups in total. The first-order valence-electron chi connectivity index (χ1n) is 3.92. The quantitative estimate of drug-likeness (QED) is 0.766. The van der Waals surface area contributed by atoms with E-state index in [9.17, 15) is 14.7 Å². The number of hydrogen-bond donors (Lipinski definition) is 1. The summed E-state index contributed by atoms with van der Waals surface area (Å²) in [4.78, 5) is 22.6. The fourth-order valence-corrected chi connectivity index (χ4v) is 1.46. The average Bonchev–Trinajstić information content (AvgIpc) is 2.01. The van der Waals surface area contributed by atoms with E-state index < -0.39 is 11.4 Å². The van der Waals surface area contributed by atoms with Gasteiger partial charge in [0, 0.05) is 6.07 Å². The van der Waals surface area contributed by atoms with Gasteiger partial charge in [-0.25, -0.2) is 4.79 Å². The van der Waals surface area contributed by atoms with Crippen LogP contribution in [0.15, 0.2) is 15.3 Å². The van der Waals surface area contributed by atoms with Crippen LogP contribution >= 0.6 is 11.8 Å². The van der Waals surface area contributed by atoms with Gasteiger partial charge in [-0.05, 0) is 13.2 Å². The Hall–Kier alpha value is -1.23. The highest BCUT2D eigenvalue weighted by molar-refractivity contribution is 7.99. The number of carbonyl (C=O) groups excluding carboxylic acids is 1. The first-order valence-corrected chi connectivity index (χ1v) is 5.31. The molecular weight excluding hydrogens is 204 g/mol. The third kappa shape index (κ3) is 2.17. The van der Waals surface area contributed by atoms with E-state index in [1.54, 1.807) is 6.26 Å². The zero-order valence-corrected chi connectivity index (χ0v) is 8.68. The van der Waals surface area contributed by atoms with Gasteiger partial charge in [-0.1, -0.05) is 0 Å². The maximum Gasteiger partial charge on any atom is 0.350 e. The van der Waals surface area contributed by atoms with Crippen molar-refractivity contribution in [2.24, 2.45) is 0 Å². The van der Waals surface area contributed by atoms with E-state index in [0.717, 1.165) is 0 Å². The molecule has 1 rings (SSSR count). The largest absolute Gasteiger partial charge is 0.507 e. The summed E-state index contributed by atoms with van der Waals surface area (Å²) in [7, 11) is 0. The molecule has 0 spiro atoms. The minimum atomic E-state index is -0.776. The first-order chi connectivity index (χ1) is 6.56. The third-order valence-corrected chi connectivity index (χ3v) is 2.16. The minimum absolute atomic E-state index is 0.154. The van der Waals surface area contributed by atoms with E-state index in [2.05, 4.69) is 0 Å². The number of Topliss-reactive ketones (excluding diaryl/α,β-unsaturated/α-hetero) is 1. The molecule has 4 nitrogen and oxygen atoms in total. The van der Waals surface area contributed by atoms with E-state index in [1.165, 1.54) is 24.8 Å². The fraction of sp³-hybridized carbons (Fsp3) is 0.333. The second kappa shape index (κ2) is 4.32. The van der Waals surface area contributed by atoms with Gasteiger partial charge < -0.3 is 9.52 Å². The Labute approximate surface area is 84.9 Å². The van der Waals surface area contributed by atoms with Crippen molar-refractivity contribution in [3.05, 3.63) is 27.8 Å². The van der Waals surface area contributed by atoms with E-state index in [1.807, 2.05) is 0 Å². The van der Waals surface area contributed by atoms with Crippen molar-refractivity contribution in [1.82, 2.24) is 0 Å². The summed E-state index contributed by atoms with van der Waals surface area (Å²) < 4.78 is 4.71. The minimum Gasteiger partial charge on any atom is -0.507 e. The lowest BCUT2D eigenvalue weighted by atomic mass is 10.2. The monoisotopic (exact) mass is 214 g/mol. The van der Waals surface area contributed by atoms with Crippen LogP contribution in [0.3, 0.4) is 0 Å². The molecule has 14 heavy (non-hydrogen) atoms. The van der Waals surface area contributed by atoms with Gasteiger partial charge in [0.15, 0.2) is 5.78 Å². The molecule has 76 valence electrons. The molecule has 0 saturated heterocycles. The predicted molar refractivity (Wildman–Crippen MR) is 54.1 cm³/mol. The summed E-state index contributed by atoms with van der Waals surface area (Å²) in [6.45, 7) is 1.53. The Kier molecular flexibility index (Phi) is 3.35. The molecule has 0 bridgehead atoms. The number of aryl methyl sites for hydroxylation is 1. The molecule has 0 aliphatic rings. The topological polar surface area (TPSA) is 67.5 Å². The normalized spacial score (nSPS) is 10.1. The lowest BCUT2D eigenvalue weighted by Crippen LogP contribution is -2.16. The molecular formula is C9H10O4S. The number of aromatic hydroxyl groups is 1. The highest BCUT2D eigenvalue weighted by Crippen LogP contribution is 2.16. The number of rotatable bonds is 3. The van der Waals surface area contributed by atoms with Crippen LogP contribution < -0.4 is 5.63 Å². The van der Waals surface area contributed by atoms with Crippen LogP contribution in [0.1, 0.15) is 16.1 Å². The fourth-order valence-electron chi connectivity index (χ4n) is 1.06. The SMILES string of the molecule is CSCC(=O)c1c(O)cc(C)oc1=O. The molecule has 0 aromatic carbocycles. The van der Waals surface area contributed by atoms with Gasteiger partial charge in [0.1, 0.15) is 17.1 Å². The molecule has 0 saturated carbocycles. The van der Waals surface area contributed by atoms with Crippen molar-refractivity contribution < 1.29 is 14.3 Å². The van der Waals surface area contributed by atoms with Crippen LogP contribution in [0.2, 0.25) is 0 Å². The highest BCUT2D eigenvalue weighted by Gasteiger charge is 2.17. The van der Waals surface area contributed by atoms with Gasteiger partial charge in [-0.2, -0.15) is 11.8 Å². The van der Waals surface area contributed by atoms with Gasteiger partial charge >= 0.3 is 5.63 Å². The molecule has 1 aromatic heterocycles. The van der Waals surface area contributed by atoms with Gasteiger partial charge in [-0.3, -0.25) is 4.79 Å². The zero-order valence-electron chi connectivity index (χ0n) is 7.86. The van der Waals surface area contributed by atoms with Crippen LogP contribution in [0.25, 0.3) is 0 Å². The summed E-state index contributed by atoms with van der Waals surface area (Å²) in [6, 6.07) is 1.26. The van der Waals surface area contributed by atoms with Crippen molar-refractivity contribution in [1.29, 1.82) is 0 Å². The molecule has 1 aromatic rings. The average molecular weight is 214 g/mol. The van der Waals surface area contributed by atoms with Crippen LogP contribution in [0.5, 0.6) is 5.75 Å². The predicted octanol–water partition coefficient (Wildman–Crippen LogP) is 1.20. The summed E-state index contributed by atoms with van der Waals surface area (Å²) in [6.07, 6.45) is 1.74. The molecule has 0 aliphatic carbocycles. The summed E-state index contributed by atoms with van der Waals surface area (Å²) in [5.74, 6) is -0.281. The molecule has 0 radical (unpaired) electrons. The summed E-state index contributed by atoms with van der Waals surface area (Å²) in [5, 5.41) is 9.38. The first kappa shape index (κ1) is 10.8. The Morgan fingerprint density at radius 3 is 2.79 bits per heavy atom. The van der Waals surface area contributed by atoms with Crippen molar-refractivity contribution in [3.8, 4) is 5.75 Å². The summed E-state index contributed by atoms with van der Waals surface area (Å²) >= 11 is 1.28. The van der Waals surface area contributed by atoms with E-state index in [4.69, 9.17) is 4.42 Å². The maximum absolute atomic E-state index is 11.4. The van der Waals surface area contributed by atoms with Crippen LogP contribution in [0.4, 0.5) is 0 Å². The Balaban J connectivity index is 3.21. The summed E-state index contributed by atoms with van der Waals surface area (Å²) in [5.41, 5.74) is -1.04. The van der Waals surface area contributed by atoms with Crippen molar-refractivity contribution >= 4 is 17.5 Å². The Morgan fingerprint density at radius 1 is 1.64 bits per heavy atom. The number of thioether (sulfide) groups is 1. The maximum atomic E-state index is 11.4. The smallest absolute Gasteiger partial charge is 0.350 e. The standard InChI is InChI=1S/C9H10O4S/c1-5-3-6(10)8(9(12)13-5)7(11)4-14-2/h3,10H,4H2,1-2H3. The van der Waals surface area contributed by atoms with Crippen molar-refractivity contribution in [2.45, 2.75) is 6.92 Å². The van der Waals surface area contributed by atoms with Crippen LogP contribution in [-0.4, -0.2) is 22.9 Å². The molecule has 1 heterocycles. The molecule has 5 heteroatoms. The van der Waals surface area contributed by atoms with E-state index in [-0.39, 0.29) is 22.8 Å². The molecule has 0 amide bonds. The lowest BCUT2D eigenvalue weighted by molar-refractivity contribution is 0.101. The number of hydrogen-bond acceptors (Lipinski definition) is 5. The molecule has 0 atom stereocenters. The second-order valence-corrected chi connectivity index (χ2v) is 3.63. The number of ketones is 1. The third-order valence-electron chi connectivity index (χ3n) is 1.61. The zero-order chi connectivity index (χ0) is 10.7. The van der Waals surface area contributed by atoms with Crippen molar-refractivity contribution in [3.63, 3.8) is 0 Å². The van der Waals surface area contributed by atoms with Gasteiger partial charge in [-0.15, -0.1) is 0 Å². The van der Waals surface area contributed by atoms with Crippen LogP contribution in [0, 0.1) is 6.92 Å². The molecule has 0 aliphatic heterocycles. The Bertz CT molecular complexity index is 408. The van der Waals surface area contributed by atoms with Gasteiger partial charge in [0.25, 0.3) is 0 Å². The van der Waals surface area contributed by atoms with Gasteiger partial charge in [0.2, 0.25) is 0 Å². The molecule has 0 fully saturated rings. The highest BCUT2D eigenvalue weighted by atomic mass is 32.2. The van der Waals surface area contributed by atoms with E-state index >= 15 is 0 Å². The van der Waals surface area contributed by atoms with E-state index in [0.29, 0.717) is 0 Å². The number of carbonyl (C=O) groups is 1. The lowest BCUT2D eigenvalue weighted by Gasteiger charge is -2.01. The second-order valence-electron chi connectivity index (χ2n) is 2.76. The Morgan fingerprint density at radius 2 is 2.29 bits per heavy atom. The van der Waals surface area contributed by atoms with Gasteiger partial charge in [0.05, 0.1) is 5.75 Å². The van der Waals surface area contributed by atoms with Crippen LogP contribution in [-0.2, 0) is 0 Å². The van der Waals surface area contributed by atoms with Crippen molar-refractivity contribution in [2.75, 3.05) is 12.0 Å². The molecule has 0 unspecified atom stereocenters.